The minimum absolute atomic E-state index is 0.0494. The summed E-state index contributed by atoms with van der Waals surface area (Å²) in [5.74, 6) is 0.169. The summed E-state index contributed by atoms with van der Waals surface area (Å²) >= 11 is 0. The number of carbonyl (C=O) groups excluding carboxylic acids is 1. The van der Waals surface area contributed by atoms with Crippen molar-refractivity contribution >= 4 is 16.8 Å². The van der Waals surface area contributed by atoms with Crippen LogP contribution in [0.25, 0.3) is 10.9 Å². The van der Waals surface area contributed by atoms with Crippen LogP contribution in [-0.2, 0) is 4.79 Å². The molecule has 26 heavy (non-hydrogen) atoms. The average molecular weight is 348 g/mol. The van der Waals surface area contributed by atoms with Gasteiger partial charge in [-0.15, -0.1) is 0 Å². The van der Waals surface area contributed by atoms with Crippen LogP contribution in [0.3, 0.4) is 0 Å². The van der Waals surface area contributed by atoms with E-state index in [1.807, 2.05) is 6.07 Å². The minimum atomic E-state index is 0.0494. The zero-order chi connectivity index (χ0) is 18.5. The maximum absolute atomic E-state index is 12.6. The molecule has 1 heterocycles. The second kappa shape index (κ2) is 8.22. The first-order chi connectivity index (χ1) is 12.6. The SMILES string of the molecule is CCCCNC(=O)CC(c1ccc(C)cc1C)c1c[nH]c2ccccc12. The Hall–Kier alpha value is -2.55. The summed E-state index contributed by atoms with van der Waals surface area (Å²) in [4.78, 5) is 16.0. The van der Waals surface area contributed by atoms with E-state index in [1.54, 1.807) is 0 Å². The molecule has 0 fully saturated rings. The zero-order valence-electron chi connectivity index (χ0n) is 15.9. The number of para-hydroxylation sites is 1. The molecule has 1 atom stereocenters. The van der Waals surface area contributed by atoms with Gasteiger partial charge in [-0.05, 0) is 43.0 Å². The van der Waals surface area contributed by atoms with Crippen molar-refractivity contribution in [2.45, 2.75) is 46.0 Å². The lowest BCUT2D eigenvalue weighted by molar-refractivity contribution is -0.121. The van der Waals surface area contributed by atoms with Crippen LogP contribution in [0.2, 0.25) is 0 Å². The Kier molecular flexibility index (Phi) is 5.77. The smallest absolute Gasteiger partial charge is 0.220 e. The number of benzene rings is 2. The molecule has 0 saturated carbocycles. The minimum Gasteiger partial charge on any atom is -0.361 e. The largest absolute Gasteiger partial charge is 0.361 e. The molecular formula is C23H28N2O. The number of amides is 1. The third-order valence-corrected chi connectivity index (χ3v) is 5.04. The Balaban J connectivity index is 1.97. The lowest BCUT2D eigenvalue weighted by Gasteiger charge is -2.20. The molecule has 3 heteroatoms. The third kappa shape index (κ3) is 3.98. The van der Waals surface area contributed by atoms with E-state index < -0.39 is 0 Å². The van der Waals surface area contributed by atoms with Gasteiger partial charge in [0.15, 0.2) is 0 Å². The monoisotopic (exact) mass is 348 g/mol. The van der Waals surface area contributed by atoms with E-state index >= 15 is 0 Å². The van der Waals surface area contributed by atoms with Crippen LogP contribution in [-0.4, -0.2) is 17.4 Å². The maximum Gasteiger partial charge on any atom is 0.220 e. The molecule has 3 rings (SSSR count). The molecule has 2 N–H and O–H groups in total. The van der Waals surface area contributed by atoms with Crippen molar-refractivity contribution in [3.05, 3.63) is 70.9 Å². The van der Waals surface area contributed by atoms with Crippen LogP contribution in [0.15, 0.2) is 48.7 Å². The summed E-state index contributed by atoms with van der Waals surface area (Å²) in [7, 11) is 0. The number of hydrogen-bond donors (Lipinski definition) is 2. The van der Waals surface area contributed by atoms with E-state index in [1.165, 1.54) is 27.6 Å². The highest BCUT2D eigenvalue weighted by Crippen LogP contribution is 2.35. The fraction of sp³-hybridized carbons (Fsp3) is 0.348. The first-order valence-electron chi connectivity index (χ1n) is 9.50. The van der Waals surface area contributed by atoms with Gasteiger partial charge < -0.3 is 10.3 Å². The van der Waals surface area contributed by atoms with E-state index in [2.05, 4.69) is 73.7 Å². The van der Waals surface area contributed by atoms with Crippen molar-refractivity contribution in [3.63, 3.8) is 0 Å². The summed E-state index contributed by atoms with van der Waals surface area (Å²) in [6.07, 6.45) is 4.64. The molecule has 1 unspecified atom stereocenters. The second-order valence-electron chi connectivity index (χ2n) is 7.11. The van der Waals surface area contributed by atoms with Crippen LogP contribution in [0.4, 0.5) is 0 Å². The number of carbonyl (C=O) groups is 1. The quantitative estimate of drug-likeness (QED) is 0.565. The van der Waals surface area contributed by atoms with Crippen LogP contribution in [0.1, 0.15) is 54.4 Å². The molecule has 0 aliphatic rings. The van der Waals surface area contributed by atoms with Crippen LogP contribution in [0, 0.1) is 13.8 Å². The maximum atomic E-state index is 12.6. The van der Waals surface area contributed by atoms with E-state index in [0.29, 0.717) is 6.42 Å². The van der Waals surface area contributed by atoms with E-state index in [9.17, 15) is 4.79 Å². The first kappa shape index (κ1) is 18.2. The standard InChI is InChI=1S/C23H28N2O/c1-4-5-12-24-23(26)14-20(18-11-10-16(2)13-17(18)3)21-15-25-22-9-7-6-8-19(21)22/h6-11,13,15,20,25H,4-5,12,14H2,1-3H3,(H,24,26). The van der Waals surface area contributed by atoms with Crippen molar-refractivity contribution in [1.82, 2.24) is 10.3 Å². The van der Waals surface area contributed by atoms with Gasteiger partial charge in [0.2, 0.25) is 5.91 Å². The molecule has 136 valence electrons. The summed E-state index contributed by atoms with van der Waals surface area (Å²) < 4.78 is 0. The predicted molar refractivity (Wildman–Crippen MR) is 109 cm³/mol. The number of nitrogens with one attached hydrogen (secondary N) is 2. The average Bonchev–Trinajstić information content (AvgIpc) is 3.04. The summed E-state index contributed by atoms with van der Waals surface area (Å²) in [6, 6.07) is 14.8. The van der Waals surface area contributed by atoms with Gasteiger partial charge in [-0.1, -0.05) is 55.3 Å². The third-order valence-electron chi connectivity index (χ3n) is 5.04. The number of aromatic amines is 1. The number of aryl methyl sites for hydroxylation is 2. The Morgan fingerprint density at radius 3 is 2.69 bits per heavy atom. The van der Waals surface area contributed by atoms with Crippen LogP contribution < -0.4 is 5.32 Å². The van der Waals surface area contributed by atoms with Gasteiger partial charge in [0.05, 0.1) is 0 Å². The molecule has 3 aromatic rings. The Labute approximate surface area is 155 Å². The van der Waals surface area contributed by atoms with Crippen LogP contribution >= 0.6 is 0 Å². The molecule has 3 nitrogen and oxygen atoms in total. The molecule has 0 radical (unpaired) electrons. The normalized spacial score (nSPS) is 12.3. The van der Waals surface area contributed by atoms with Crippen molar-refractivity contribution < 1.29 is 4.79 Å². The fourth-order valence-electron chi connectivity index (χ4n) is 3.65. The zero-order valence-corrected chi connectivity index (χ0v) is 15.9. The second-order valence-corrected chi connectivity index (χ2v) is 7.11. The number of unbranched alkanes of at least 4 members (excludes halogenated alkanes) is 1. The summed E-state index contributed by atoms with van der Waals surface area (Å²) in [5.41, 5.74) is 6.02. The van der Waals surface area contributed by atoms with Crippen molar-refractivity contribution in [2.24, 2.45) is 0 Å². The molecule has 0 aliphatic carbocycles. The number of rotatable bonds is 7. The Morgan fingerprint density at radius 1 is 1.12 bits per heavy atom. The van der Waals surface area contributed by atoms with Crippen molar-refractivity contribution in [1.29, 1.82) is 0 Å². The fourth-order valence-corrected chi connectivity index (χ4v) is 3.65. The van der Waals surface area contributed by atoms with Gasteiger partial charge >= 0.3 is 0 Å². The lowest BCUT2D eigenvalue weighted by Crippen LogP contribution is -2.26. The van der Waals surface area contributed by atoms with Crippen molar-refractivity contribution in [3.8, 4) is 0 Å². The molecule has 0 aliphatic heterocycles. The first-order valence-corrected chi connectivity index (χ1v) is 9.50. The molecular weight excluding hydrogens is 320 g/mol. The van der Waals surface area contributed by atoms with Gasteiger partial charge in [0, 0.05) is 36.0 Å². The van der Waals surface area contributed by atoms with E-state index in [0.717, 1.165) is 24.9 Å². The number of H-pyrrole nitrogens is 1. The molecule has 1 aromatic heterocycles. The van der Waals surface area contributed by atoms with E-state index in [4.69, 9.17) is 0 Å². The van der Waals surface area contributed by atoms with Gasteiger partial charge in [-0.25, -0.2) is 0 Å². The van der Waals surface area contributed by atoms with E-state index in [-0.39, 0.29) is 11.8 Å². The highest BCUT2D eigenvalue weighted by atomic mass is 16.1. The highest BCUT2D eigenvalue weighted by molar-refractivity contribution is 5.86. The molecule has 0 saturated heterocycles. The topological polar surface area (TPSA) is 44.9 Å². The van der Waals surface area contributed by atoms with Gasteiger partial charge in [-0.2, -0.15) is 0 Å². The van der Waals surface area contributed by atoms with Gasteiger partial charge in [0.1, 0.15) is 0 Å². The Morgan fingerprint density at radius 2 is 1.92 bits per heavy atom. The molecule has 0 spiro atoms. The van der Waals surface area contributed by atoms with Crippen LogP contribution in [0.5, 0.6) is 0 Å². The lowest BCUT2D eigenvalue weighted by atomic mass is 9.85. The molecule has 0 bridgehead atoms. The predicted octanol–water partition coefficient (Wildman–Crippen LogP) is 5.22. The molecule has 2 aromatic carbocycles. The van der Waals surface area contributed by atoms with Gasteiger partial charge in [-0.3, -0.25) is 4.79 Å². The number of fused-ring (bicyclic) bond motifs is 1. The van der Waals surface area contributed by atoms with Gasteiger partial charge in [0.25, 0.3) is 0 Å². The molecule has 1 amide bonds. The summed E-state index contributed by atoms with van der Waals surface area (Å²) in [6.45, 7) is 7.13. The number of aromatic nitrogens is 1. The summed E-state index contributed by atoms with van der Waals surface area (Å²) in [5, 5.41) is 4.27. The van der Waals surface area contributed by atoms with Crippen molar-refractivity contribution in [2.75, 3.05) is 6.54 Å². The number of hydrogen-bond acceptors (Lipinski definition) is 1. The Bertz CT molecular complexity index is 894. The highest BCUT2D eigenvalue weighted by Gasteiger charge is 2.22.